The van der Waals surface area contributed by atoms with E-state index in [4.69, 9.17) is 5.11 Å². The van der Waals surface area contributed by atoms with Crippen LogP contribution in [-0.4, -0.2) is 35.5 Å². The van der Waals surface area contributed by atoms with E-state index >= 15 is 0 Å². The van der Waals surface area contributed by atoms with Gasteiger partial charge in [0.1, 0.15) is 0 Å². The highest BCUT2D eigenvalue weighted by atomic mass is 16.4. The van der Waals surface area contributed by atoms with Crippen molar-refractivity contribution < 1.29 is 19.5 Å². The maximum atomic E-state index is 11.6. The molecule has 0 spiro atoms. The van der Waals surface area contributed by atoms with E-state index in [1.807, 2.05) is 0 Å². The third kappa shape index (κ3) is 5.54. The van der Waals surface area contributed by atoms with Gasteiger partial charge in [-0.05, 0) is 33.1 Å². The highest BCUT2D eigenvalue weighted by molar-refractivity contribution is 6.01. The standard InChI is InChI=1S/C13H20N2O4/c1-8(9(2)13(18)19)12(17)14-7-3-4-11(16)15-10-5-6-10/h10H,3-7H2,1-2H3,(H,14,17)(H,15,16)(H,18,19). The van der Waals surface area contributed by atoms with Crippen molar-refractivity contribution in [3.05, 3.63) is 11.1 Å². The van der Waals surface area contributed by atoms with Crippen molar-refractivity contribution in [1.29, 1.82) is 0 Å². The van der Waals surface area contributed by atoms with Crippen LogP contribution in [0.15, 0.2) is 11.1 Å². The molecule has 6 heteroatoms. The number of carbonyl (C=O) groups is 3. The summed E-state index contributed by atoms with van der Waals surface area (Å²) in [7, 11) is 0. The van der Waals surface area contributed by atoms with Gasteiger partial charge in [-0.15, -0.1) is 0 Å². The zero-order valence-corrected chi connectivity index (χ0v) is 11.3. The second-order valence-corrected chi connectivity index (χ2v) is 4.76. The number of carboxylic acids is 1. The first-order chi connectivity index (χ1) is 8.91. The molecule has 0 radical (unpaired) electrons. The van der Waals surface area contributed by atoms with Gasteiger partial charge < -0.3 is 15.7 Å². The number of hydrogen-bond donors (Lipinski definition) is 3. The summed E-state index contributed by atoms with van der Waals surface area (Å²) in [6, 6.07) is 0.352. The van der Waals surface area contributed by atoms with Gasteiger partial charge in [-0.25, -0.2) is 4.79 Å². The summed E-state index contributed by atoms with van der Waals surface area (Å²) >= 11 is 0. The molecule has 0 aromatic heterocycles. The Kier molecular flexibility index (Phi) is 5.54. The predicted octanol–water partition coefficient (Wildman–Crippen LogP) is 0.582. The van der Waals surface area contributed by atoms with Crippen LogP contribution in [0, 0.1) is 0 Å². The predicted molar refractivity (Wildman–Crippen MR) is 69.4 cm³/mol. The minimum Gasteiger partial charge on any atom is -0.478 e. The van der Waals surface area contributed by atoms with E-state index in [-0.39, 0.29) is 17.1 Å². The van der Waals surface area contributed by atoms with Crippen LogP contribution in [-0.2, 0) is 14.4 Å². The fourth-order valence-corrected chi connectivity index (χ4v) is 1.44. The van der Waals surface area contributed by atoms with Gasteiger partial charge in [-0.2, -0.15) is 0 Å². The van der Waals surface area contributed by atoms with E-state index in [0.29, 0.717) is 25.4 Å². The lowest BCUT2D eigenvalue weighted by molar-refractivity contribution is -0.133. The number of rotatable bonds is 7. The smallest absolute Gasteiger partial charge is 0.331 e. The Hall–Kier alpha value is -1.85. The first-order valence-corrected chi connectivity index (χ1v) is 6.40. The zero-order valence-electron chi connectivity index (χ0n) is 11.3. The third-order valence-corrected chi connectivity index (χ3v) is 3.03. The van der Waals surface area contributed by atoms with Crippen molar-refractivity contribution >= 4 is 17.8 Å². The molecule has 1 aliphatic rings. The van der Waals surface area contributed by atoms with Crippen molar-refractivity contribution in [3.63, 3.8) is 0 Å². The van der Waals surface area contributed by atoms with Crippen LogP contribution in [0.5, 0.6) is 0 Å². The lowest BCUT2D eigenvalue weighted by Crippen LogP contribution is -2.29. The van der Waals surface area contributed by atoms with Crippen molar-refractivity contribution in [2.45, 2.75) is 45.6 Å². The number of carboxylic acid groups (broad SMARTS) is 1. The SMILES string of the molecule is CC(C(=O)O)=C(C)C(=O)NCCCC(=O)NC1CC1. The molecule has 1 rings (SSSR count). The summed E-state index contributed by atoms with van der Waals surface area (Å²) in [5.74, 6) is -1.50. The van der Waals surface area contributed by atoms with Gasteiger partial charge in [0.2, 0.25) is 11.8 Å². The number of carbonyl (C=O) groups excluding carboxylic acids is 2. The van der Waals surface area contributed by atoms with Gasteiger partial charge in [-0.3, -0.25) is 9.59 Å². The average molecular weight is 268 g/mol. The van der Waals surface area contributed by atoms with Gasteiger partial charge in [0.05, 0.1) is 0 Å². The molecule has 0 atom stereocenters. The van der Waals surface area contributed by atoms with Gasteiger partial charge in [-0.1, -0.05) is 0 Å². The highest BCUT2D eigenvalue weighted by Crippen LogP contribution is 2.18. The molecular formula is C13H20N2O4. The third-order valence-electron chi connectivity index (χ3n) is 3.03. The minimum absolute atomic E-state index is 0.00531. The molecule has 0 unspecified atom stereocenters. The Balaban J connectivity index is 2.21. The Morgan fingerprint density at radius 1 is 1.16 bits per heavy atom. The lowest BCUT2D eigenvalue weighted by Gasteiger charge is -2.07. The van der Waals surface area contributed by atoms with Crippen molar-refractivity contribution in [2.75, 3.05) is 6.54 Å². The average Bonchev–Trinajstić information content (AvgIpc) is 3.16. The van der Waals surface area contributed by atoms with Crippen LogP contribution in [0.1, 0.15) is 39.5 Å². The molecule has 19 heavy (non-hydrogen) atoms. The Labute approximate surface area is 112 Å². The molecule has 0 bridgehead atoms. The lowest BCUT2D eigenvalue weighted by atomic mass is 10.1. The number of amides is 2. The van der Waals surface area contributed by atoms with E-state index in [0.717, 1.165) is 12.8 Å². The zero-order chi connectivity index (χ0) is 14.4. The van der Waals surface area contributed by atoms with Gasteiger partial charge in [0.25, 0.3) is 0 Å². The molecule has 3 N–H and O–H groups in total. The fraction of sp³-hybridized carbons (Fsp3) is 0.615. The number of nitrogens with one attached hydrogen (secondary N) is 2. The van der Waals surface area contributed by atoms with Gasteiger partial charge >= 0.3 is 5.97 Å². The monoisotopic (exact) mass is 268 g/mol. The van der Waals surface area contributed by atoms with Crippen molar-refractivity contribution in [3.8, 4) is 0 Å². The molecule has 0 heterocycles. The Bertz CT molecular complexity index is 411. The highest BCUT2D eigenvalue weighted by Gasteiger charge is 2.22. The molecule has 0 aliphatic heterocycles. The van der Waals surface area contributed by atoms with Crippen LogP contribution >= 0.6 is 0 Å². The number of aliphatic carboxylic acids is 1. The maximum absolute atomic E-state index is 11.6. The summed E-state index contributed by atoms with van der Waals surface area (Å²) in [4.78, 5) is 33.6. The van der Waals surface area contributed by atoms with Gasteiger partial charge in [0, 0.05) is 30.2 Å². The van der Waals surface area contributed by atoms with Crippen LogP contribution in [0.3, 0.4) is 0 Å². The van der Waals surface area contributed by atoms with Crippen LogP contribution < -0.4 is 10.6 Å². The van der Waals surface area contributed by atoms with Gasteiger partial charge in [0.15, 0.2) is 0 Å². The summed E-state index contributed by atoms with van der Waals surface area (Å²) in [5, 5.41) is 14.2. The van der Waals surface area contributed by atoms with E-state index in [1.54, 1.807) is 0 Å². The molecule has 0 aromatic carbocycles. The van der Waals surface area contributed by atoms with Crippen LogP contribution in [0.25, 0.3) is 0 Å². The molecule has 106 valence electrons. The first kappa shape index (κ1) is 15.2. The van der Waals surface area contributed by atoms with Crippen molar-refractivity contribution in [1.82, 2.24) is 10.6 Å². The van der Waals surface area contributed by atoms with Crippen molar-refractivity contribution in [2.24, 2.45) is 0 Å². The second-order valence-electron chi connectivity index (χ2n) is 4.76. The van der Waals surface area contributed by atoms with E-state index in [9.17, 15) is 14.4 Å². The molecular weight excluding hydrogens is 248 g/mol. The van der Waals surface area contributed by atoms with E-state index < -0.39 is 11.9 Å². The number of hydrogen-bond acceptors (Lipinski definition) is 3. The molecule has 0 saturated heterocycles. The molecule has 1 aliphatic carbocycles. The largest absolute Gasteiger partial charge is 0.478 e. The Morgan fingerprint density at radius 3 is 2.32 bits per heavy atom. The van der Waals surface area contributed by atoms with E-state index in [2.05, 4.69) is 10.6 Å². The normalized spacial score (nSPS) is 15.5. The Morgan fingerprint density at radius 2 is 1.79 bits per heavy atom. The first-order valence-electron chi connectivity index (χ1n) is 6.40. The summed E-state index contributed by atoms with van der Waals surface area (Å²) < 4.78 is 0. The quantitative estimate of drug-likeness (QED) is 0.465. The minimum atomic E-state index is -1.10. The summed E-state index contributed by atoms with van der Waals surface area (Å²) in [6.45, 7) is 3.22. The summed E-state index contributed by atoms with van der Waals surface area (Å²) in [6.07, 6.45) is 3.03. The molecule has 1 saturated carbocycles. The summed E-state index contributed by atoms with van der Waals surface area (Å²) in [5.41, 5.74) is 0.221. The molecule has 2 amide bonds. The fourth-order valence-electron chi connectivity index (χ4n) is 1.44. The van der Waals surface area contributed by atoms with Crippen LogP contribution in [0.4, 0.5) is 0 Å². The van der Waals surface area contributed by atoms with Crippen LogP contribution in [0.2, 0.25) is 0 Å². The van der Waals surface area contributed by atoms with E-state index in [1.165, 1.54) is 13.8 Å². The second kappa shape index (κ2) is 6.92. The topological polar surface area (TPSA) is 95.5 Å². The molecule has 1 fully saturated rings. The maximum Gasteiger partial charge on any atom is 0.331 e. The molecule has 6 nitrogen and oxygen atoms in total. The molecule has 0 aromatic rings.